The number of hydrogen-bond acceptors (Lipinski definition) is 5. The van der Waals surface area contributed by atoms with Crippen LogP contribution in [0.15, 0.2) is 54.7 Å². The van der Waals surface area contributed by atoms with Crippen LogP contribution in [0.1, 0.15) is 15.9 Å². The molecule has 3 aromatic rings. The second-order valence-electron chi connectivity index (χ2n) is 6.14. The molecule has 1 N–H and O–H groups in total. The maximum Gasteiger partial charge on any atom is 0.328 e. The first-order chi connectivity index (χ1) is 13.5. The number of benzene rings is 2. The number of ether oxygens (including phenoxy) is 2. The maximum absolute atomic E-state index is 12.7. The first-order valence-electron chi connectivity index (χ1n) is 8.57. The molecule has 3 rings (SSSR count). The van der Waals surface area contributed by atoms with Crippen LogP contribution >= 0.6 is 11.6 Å². The van der Waals surface area contributed by atoms with E-state index in [1.54, 1.807) is 24.3 Å². The molecule has 0 aliphatic carbocycles. The van der Waals surface area contributed by atoms with Crippen molar-refractivity contribution < 1.29 is 19.1 Å². The highest BCUT2D eigenvalue weighted by Gasteiger charge is 2.23. The molecule has 1 heterocycles. The number of nitrogens with zero attached hydrogens (tertiary/aromatic N) is 1. The number of hydrogen-bond donors (Lipinski definition) is 1. The SMILES string of the molecule is COC(=O)[C@H](Cc1ccc(OC)c(Cl)c1)NC(=O)c1cnc2ccccc2c1. The topological polar surface area (TPSA) is 77.5 Å². The van der Waals surface area contributed by atoms with Crippen LogP contribution in [0.2, 0.25) is 5.02 Å². The predicted octanol–water partition coefficient (Wildman–Crippen LogP) is 3.41. The minimum atomic E-state index is -0.867. The van der Waals surface area contributed by atoms with E-state index in [2.05, 4.69) is 10.3 Å². The number of carbonyl (C=O) groups excluding carboxylic acids is 2. The Kier molecular flexibility index (Phi) is 6.11. The van der Waals surface area contributed by atoms with Crippen molar-refractivity contribution in [1.82, 2.24) is 10.3 Å². The number of esters is 1. The number of rotatable bonds is 6. The average Bonchev–Trinajstić information content (AvgIpc) is 2.72. The van der Waals surface area contributed by atoms with Crippen LogP contribution < -0.4 is 10.1 Å². The third-order valence-corrected chi connectivity index (χ3v) is 4.60. The van der Waals surface area contributed by atoms with Gasteiger partial charge in [-0.25, -0.2) is 4.79 Å². The van der Waals surface area contributed by atoms with Crippen molar-refractivity contribution in [2.24, 2.45) is 0 Å². The van der Waals surface area contributed by atoms with Gasteiger partial charge in [0, 0.05) is 18.0 Å². The van der Waals surface area contributed by atoms with Gasteiger partial charge in [0.15, 0.2) is 0 Å². The Bertz CT molecular complexity index is 1020. The summed E-state index contributed by atoms with van der Waals surface area (Å²) in [5, 5.41) is 3.98. The molecule has 144 valence electrons. The molecule has 0 saturated heterocycles. The number of methoxy groups -OCH3 is 2. The van der Waals surface area contributed by atoms with Crippen molar-refractivity contribution in [3.05, 3.63) is 70.9 Å². The zero-order chi connectivity index (χ0) is 20.1. The van der Waals surface area contributed by atoms with Gasteiger partial charge < -0.3 is 14.8 Å². The van der Waals surface area contributed by atoms with Crippen molar-refractivity contribution in [3.8, 4) is 5.75 Å². The van der Waals surface area contributed by atoms with E-state index in [9.17, 15) is 9.59 Å². The van der Waals surface area contributed by atoms with Crippen LogP contribution in [0, 0.1) is 0 Å². The van der Waals surface area contributed by atoms with Gasteiger partial charge in [-0.1, -0.05) is 35.9 Å². The summed E-state index contributed by atoms with van der Waals surface area (Å²) >= 11 is 6.15. The predicted molar refractivity (Wildman–Crippen MR) is 107 cm³/mol. The molecule has 28 heavy (non-hydrogen) atoms. The van der Waals surface area contributed by atoms with E-state index in [1.807, 2.05) is 24.3 Å². The molecule has 0 aliphatic heterocycles. The van der Waals surface area contributed by atoms with Crippen molar-refractivity contribution in [2.45, 2.75) is 12.5 Å². The number of amides is 1. The summed E-state index contributed by atoms with van der Waals surface area (Å²) in [5.41, 5.74) is 1.91. The molecule has 6 nitrogen and oxygen atoms in total. The summed E-state index contributed by atoms with van der Waals surface area (Å²) in [5.74, 6) is -0.423. The van der Waals surface area contributed by atoms with Crippen LogP contribution in [0.4, 0.5) is 0 Å². The van der Waals surface area contributed by atoms with Gasteiger partial charge in [-0.3, -0.25) is 9.78 Å². The number of carbonyl (C=O) groups is 2. The van der Waals surface area contributed by atoms with Crippen LogP contribution in [-0.4, -0.2) is 37.1 Å². The molecule has 0 saturated carbocycles. The zero-order valence-corrected chi connectivity index (χ0v) is 16.2. The number of para-hydroxylation sites is 1. The molecule has 7 heteroatoms. The first kappa shape index (κ1) is 19.6. The Morgan fingerprint density at radius 2 is 1.93 bits per heavy atom. The van der Waals surface area contributed by atoms with Crippen LogP contribution in [0.5, 0.6) is 5.75 Å². The van der Waals surface area contributed by atoms with E-state index in [0.29, 0.717) is 16.3 Å². The number of aromatic nitrogens is 1. The Morgan fingerprint density at radius 1 is 1.14 bits per heavy atom. The standard InChI is InChI=1S/C21H19ClN2O4/c1-27-19-8-7-13(9-16(19)22)10-18(21(26)28-2)24-20(25)15-11-14-5-3-4-6-17(14)23-12-15/h3-9,11-12,18H,10H2,1-2H3,(H,24,25)/t18-/m0/s1. The van der Waals surface area contributed by atoms with E-state index < -0.39 is 17.9 Å². The highest BCUT2D eigenvalue weighted by atomic mass is 35.5. The lowest BCUT2D eigenvalue weighted by Crippen LogP contribution is -2.43. The normalized spacial score (nSPS) is 11.7. The summed E-state index contributed by atoms with van der Waals surface area (Å²) in [7, 11) is 2.80. The van der Waals surface area contributed by atoms with Crippen molar-refractivity contribution in [2.75, 3.05) is 14.2 Å². The van der Waals surface area contributed by atoms with Gasteiger partial charge in [0.2, 0.25) is 0 Å². The van der Waals surface area contributed by atoms with Crippen molar-refractivity contribution >= 4 is 34.4 Å². The highest BCUT2D eigenvalue weighted by molar-refractivity contribution is 6.32. The Morgan fingerprint density at radius 3 is 2.64 bits per heavy atom. The Balaban J connectivity index is 1.80. The number of nitrogens with one attached hydrogen (secondary N) is 1. The monoisotopic (exact) mass is 398 g/mol. The smallest absolute Gasteiger partial charge is 0.328 e. The van der Waals surface area contributed by atoms with Gasteiger partial charge in [-0.15, -0.1) is 0 Å². The summed E-state index contributed by atoms with van der Waals surface area (Å²) in [6.07, 6.45) is 1.71. The molecule has 2 aromatic carbocycles. The van der Waals surface area contributed by atoms with Gasteiger partial charge in [0.1, 0.15) is 11.8 Å². The molecule has 0 bridgehead atoms. The molecular formula is C21H19ClN2O4. The lowest BCUT2D eigenvalue weighted by Gasteiger charge is -2.17. The van der Waals surface area contributed by atoms with E-state index >= 15 is 0 Å². The number of halogens is 1. The quantitative estimate of drug-likeness (QED) is 0.644. The van der Waals surface area contributed by atoms with Gasteiger partial charge in [0.25, 0.3) is 5.91 Å². The molecule has 0 spiro atoms. The lowest BCUT2D eigenvalue weighted by atomic mass is 10.0. The van der Waals surface area contributed by atoms with Gasteiger partial charge in [0.05, 0.1) is 30.3 Å². The van der Waals surface area contributed by atoms with Crippen molar-refractivity contribution in [1.29, 1.82) is 0 Å². The lowest BCUT2D eigenvalue weighted by molar-refractivity contribution is -0.142. The summed E-state index contributed by atoms with van der Waals surface area (Å²) in [6, 6.07) is 13.5. The molecule has 1 atom stereocenters. The van der Waals surface area contributed by atoms with E-state index in [1.165, 1.54) is 20.4 Å². The molecule has 0 radical (unpaired) electrons. The van der Waals surface area contributed by atoms with Crippen LogP contribution in [0.25, 0.3) is 10.9 Å². The number of pyridine rings is 1. The molecular weight excluding hydrogens is 380 g/mol. The third-order valence-electron chi connectivity index (χ3n) is 4.30. The van der Waals surface area contributed by atoms with Gasteiger partial charge in [-0.05, 0) is 29.8 Å². The minimum Gasteiger partial charge on any atom is -0.495 e. The molecule has 1 amide bonds. The number of fused-ring (bicyclic) bond motifs is 1. The Labute approximate surface area is 167 Å². The minimum absolute atomic E-state index is 0.225. The van der Waals surface area contributed by atoms with Crippen LogP contribution in [0.3, 0.4) is 0 Å². The second-order valence-corrected chi connectivity index (χ2v) is 6.55. The highest BCUT2D eigenvalue weighted by Crippen LogP contribution is 2.25. The largest absolute Gasteiger partial charge is 0.495 e. The van der Waals surface area contributed by atoms with E-state index in [4.69, 9.17) is 21.1 Å². The van der Waals surface area contributed by atoms with E-state index in [0.717, 1.165) is 16.5 Å². The van der Waals surface area contributed by atoms with Gasteiger partial charge in [-0.2, -0.15) is 0 Å². The zero-order valence-electron chi connectivity index (χ0n) is 15.4. The third kappa shape index (κ3) is 4.40. The molecule has 0 aliphatic rings. The van der Waals surface area contributed by atoms with Crippen LogP contribution in [-0.2, 0) is 16.0 Å². The molecule has 0 fully saturated rings. The average molecular weight is 399 g/mol. The fraction of sp³-hybridized carbons (Fsp3) is 0.190. The summed E-state index contributed by atoms with van der Waals surface area (Å²) in [6.45, 7) is 0. The molecule has 1 aromatic heterocycles. The second kappa shape index (κ2) is 8.71. The van der Waals surface area contributed by atoms with Gasteiger partial charge >= 0.3 is 5.97 Å². The maximum atomic E-state index is 12.7. The summed E-state index contributed by atoms with van der Waals surface area (Å²) < 4.78 is 9.97. The Hall–Kier alpha value is -3.12. The van der Waals surface area contributed by atoms with E-state index in [-0.39, 0.29) is 6.42 Å². The molecule has 0 unspecified atom stereocenters. The first-order valence-corrected chi connectivity index (χ1v) is 8.95. The fourth-order valence-corrected chi connectivity index (χ4v) is 3.13. The summed E-state index contributed by atoms with van der Waals surface area (Å²) in [4.78, 5) is 29.1. The van der Waals surface area contributed by atoms with Crippen molar-refractivity contribution in [3.63, 3.8) is 0 Å². The fourth-order valence-electron chi connectivity index (χ4n) is 2.84.